The predicted molar refractivity (Wildman–Crippen MR) is 287 cm³/mol. The fourth-order valence-electron chi connectivity index (χ4n) is 9.94. The molecule has 6 N–H and O–H groups in total. The summed E-state index contributed by atoms with van der Waals surface area (Å²) in [6, 6.07) is 47.6. The van der Waals surface area contributed by atoms with Gasteiger partial charge in [0.2, 0.25) is 11.8 Å². The van der Waals surface area contributed by atoms with Crippen LogP contribution in [0.3, 0.4) is 0 Å². The molecular formula is C58H52N8O4S. The van der Waals surface area contributed by atoms with E-state index in [9.17, 15) is 14.4 Å². The lowest BCUT2D eigenvalue weighted by atomic mass is 10.0. The van der Waals surface area contributed by atoms with Crippen molar-refractivity contribution in [1.82, 2.24) is 35.9 Å². The summed E-state index contributed by atoms with van der Waals surface area (Å²) in [7, 11) is 0. The first-order valence-electron chi connectivity index (χ1n) is 24.2. The number of carbonyl (C=O) groups excluding carboxylic acids is 3. The van der Waals surface area contributed by atoms with Gasteiger partial charge in [-0.2, -0.15) is 11.8 Å². The minimum absolute atomic E-state index is 0.0384. The number of H-pyrrole nitrogens is 2. The molecule has 2 fully saturated rings. The van der Waals surface area contributed by atoms with Crippen LogP contribution in [0.15, 0.2) is 140 Å². The molecule has 12 nitrogen and oxygen atoms in total. The minimum Gasteiger partial charge on any atom is -0.370 e. The summed E-state index contributed by atoms with van der Waals surface area (Å²) in [5.74, 6) is 0.594. The number of ether oxygens (including phenoxy) is 1. The number of anilines is 1. The molecular weight excluding hydrogens is 905 g/mol. The number of urea groups is 1. The molecule has 4 aliphatic rings. The van der Waals surface area contributed by atoms with Crippen molar-refractivity contribution < 1.29 is 19.1 Å². The van der Waals surface area contributed by atoms with Crippen molar-refractivity contribution in [3.05, 3.63) is 162 Å². The van der Waals surface area contributed by atoms with E-state index in [1.807, 2.05) is 78.5 Å². The van der Waals surface area contributed by atoms with Gasteiger partial charge in [0.1, 0.15) is 6.61 Å². The van der Waals surface area contributed by atoms with Crippen LogP contribution in [-0.2, 0) is 14.3 Å². The van der Waals surface area contributed by atoms with Crippen molar-refractivity contribution >= 4 is 81.7 Å². The topological polar surface area (TPSA) is 166 Å². The Balaban J connectivity index is 0.860. The lowest BCUT2D eigenvalue weighted by Gasteiger charge is -2.16. The average molecular weight is 957 g/mol. The van der Waals surface area contributed by atoms with Crippen LogP contribution < -0.4 is 21.3 Å². The molecule has 4 amide bonds. The van der Waals surface area contributed by atoms with Gasteiger partial charge in [-0.25, -0.2) is 14.8 Å². The largest absolute Gasteiger partial charge is 0.370 e. The SMILES string of the molecule is O=C(CCCC[C@@H]1SC[C@@H]2NC(=O)N[C@@H]21)NCCOCC(=O)Nc1ccc(-c2c3nc(c(-c4ccccc4)c4ccc([nH]4)c(-c4ccccc4)c4nc(c(-c5ccccc5)c5ccc2[nH]5)C=C4)C=C3)cc1. The lowest BCUT2D eigenvalue weighted by molar-refractivity contribution is -0.121. The summed E-state index contributed by atoms with van der Waals surface area (Å²) in [6.07, 6.45) is 11.4. The first-order valence-corrected chi connectivity index (χ1v) is 25.2. The van der Waals surface area contributed by atoms with Crippen molar-refractivity contribution in [2.75, 3.05) is 30.8 Å². The molecule has 3 aromatic heterocycles. The number of rotatable bonds is 15. The predicted octanol–water partition coefficient (Wildman–Crippen LogP) is 11.1. The highest BCUT2D eigenvalue weighted by molar-refractivity contribution is 8.00. The zero-order valence-corrected chi connectivity index (χ0v) is 39.7. The van der Waals surface area contributed by atoms with Crippen molar-refractivity contribution in [3.8, 4) is 44.5 Å². The number of aromatic nitrogens is 4. The molecule has 8 bridgehead atoms. The van der Waals surface area contributed by atoms with E-state index in [0.29, 0.717) is 23.9 Å². The van der Waals surface area contributed by atoms with Gasteiger partial charge in [-0.1, -0.05) is 110 Å². The Bertz CT molecular complexity index is 3310. The third kappa shape index (κ3) is 9.92. The summed E-state index contributed by atoms with van der Waals surface area (Å²) in [5.41, 5.74) is 15.4. The van der Waals surface area contributed by atoms with E-state index in [2.05, 4.69) is 128 Å². The molecule has 0 aliphatic carbocycles. The fraction of sp³-hybridized carbons (Fsp3) is 0.190. The normalized spacial score (nSPS) is 16.6. The van der Waals surface area contributed by atoms with E-state index in [1.165, 1.54) is 0 Å². The average Bonchev–Trinajstić information content (AvgIpc) is 4.28. The van der Waals surface area contributed by atoms with Crippen LogP contribution in [0.1, 0.15) is 48.5 Å². The van der Waals surface area contributed by atoms with E-state index < -0.39 is 0 Å². The molecule has 3 atom stereocenters. The number of nitrogens with one attached hydrogen (secondary N) is 6. The number of fused-ring (bicyclic) bond motifs is 9. The molecule has 0 radical (unpaired) electrons. The first kappa shape index (κ1) is 45.4. The van der Waals surface area contributed by atoms with Crippen molar-refractivity contribution in [1.29, 1.82) is 0 Å². The molecule has 2 saturated heterocycles. The number of aromatic amines is 2. The molecule has 71 heavy (non-hydrogen) atoms. The number of nitrogens with zero attached hydrogens (tertiary/aromatic N) is 2. The third-order valence-corrected chi connectivity index (χ3v) is 14.8. The Morgan fingerprint density at radius 1 is 0.577 bits per heavy atom. The van der Waals surface area contributed by atoms with Gasteiger partial charge in [0.05, 0.1) is 41.5 Å². The van der Waals surface area contributed by atoms with Gasteiger partial charge in [0, 0.05) is 74.0 Å². The Kier molecular flexibility index (Phi) is 13.1. The van der Waals surface area contributed by atoms with Crippen LogP contribution in [0.5, 0.6) is 0 Å². The number of hydrogen-bond acceptors (Lipinski definition) is 7. The summed E-state index contributed by atoms with van der Waals surface area (Å²) in [4.78, 5) is 55.5. The zero-order valence-electron chi connectivity index (χ0n) is 38.9. The fourth-order valence-corrected chi connectivity index (χ4v) is 11.5. The molecule has 0 saturated carbocycles. The van der Waals surface area contributed by atoms with Crippen molar-refractivity contribution in [3.63, 3.8) is 0 Å². The smallest absolute Gasteiger partial charge is 0.315 e. The van der Waals surface area contributed by atoms with Crippen molar-refractivity contribution in [2.24, 2.45) is 0 Å². The Labute approximate surface area is 415 Å². The Morgan fingerprint density at radius 2 is 1.06 bits per heavy atom. The van der Waals surface area contributed by atoms with Gasteiger partial charge in [-0.05, 0) is 95.8 Å². The van der Waals surface area contributed by atoms with Crippen LogP contribution >= 0.6 is 11.8 Å². The maximum absolute atomic E-state index is 13.0. The second kappa shape index (κ2) is 20.5. The van der Waals surface area contributed by atoms with E-state index in [1.54, 1.807) is 0 Å². The molecule has 11 rings (SSSR count). The van der Waals surface area contributed by atoms with Gasteiger partial charge in [-0.15, -0.1) is 0 Å². The molecule has 354 valence electrons. The maximum Gasteiger partial charge on any atom is 0.315 e. The second-order valence-electron chi connectivity index (χ2n) is 18.0. The number of hydrogen-bond donors (Lipinski definition) is 6. The number of unbranched alkanes of at least 4 members (excludes halogenated alkanes) is 1. The number of thioether (sulfide) groups is 1. The molecule has 0 unspecified atom stereocenters. The molecule has 4 aliphatic heterocycles. The molecule has 0 spiro atoms. The highest BCUT2D eigenvalue weighted by Crippen LogP contribution is 2.39. The maximum atomic E-state index is 13.0. The summed E-state index contributed by atoms with van der Waals surface area (Å²) >= 11 is 1.88. The summed E-state index contributed by atoms with van der Waals surface area (Å²) in [5, 5.41) is 12.2. The number of carbonyl (C=O) groups is 3. The molecule has 13 heteroatoms. The first-order chi connectivity index (χ1) is 34.9. The number of benzene rings is 4. The molecule has 4 aromatic carbocycles. The van der Waals surface area contributed by atoms with Crippen LogP contribution in [0.4, 0.5) is 10.5 Å². The van der Waals surface area contributed by atoms with Crippen LogP contribution in [0.25, 0.3) is 90.9 Å². The number of amides is 4. The minimum atomic E-state index is -0.295. The van der Waals surface area contributed by atoms with Gasteiger partial charge < -0.3 is 36.0 Å². The highest BCUT2D eigenvalue weighted by atomic mass is 32.2. The standard InChI is InChI=1S/C58H52N8O4S/c67-51(19-11-10-18-50-57-49(35-71-50)65-58(69)66-57)59-32-33-70-34-52(68)60-40-22-20-39(21-23-40)56-47-30-28-45(63-47)54(37-14-6-2-7-15-37)43-26-24-41(61-43)53(36-12-4-1-5-13-36)42-25-27-44(62-42)55(38-16-8-3-9-17-38)46-29-31-48(56)64-46/h1-9,12-17,20-31,49-50,57,61,64H,10-11,18-19,32-35H2,(H,59,67)(H,60,68)(H2,65,66,69)/t49-,50-,57-/m0/s1. The Morgan fingerprint density at radius 3 is 1.55 bits per heavy atom. The van der Waals surface area contributed by atoms with Crippen LogP contribution in [0, 0.1) is 0 Å². The van der Waals surface area contributed by atoms with Gasteiger partial charge in [0.25, 0.3) is 0 Å². The highest BCUT2D eigenvalue weighted by Gasteiger charge is 2.42. The third-order valence-electron chi connectivity index (χ3n) is 13.3. The second-order valence-corrected chi connectivity index (χ2v) is 19.3. The van der Waals surface area contributed by atoms with E-state index in [-0.39, 0.29) is 43.1 Å². The summed E-state index contributed by atoms with van der Waals surface area (Å²) in [6.45, 7) is 0.379. The van der Waals surface area contributed by atoms with Crippen LogP contribution in [-0.4, -0.2) is 80.6 Å². The zero-order chi connectivity index (χ0) is 48.1. The molecule has 7 heterocycles. The van der Waals surface area contributed by atoms with Gasteiger partial charge in [0.15, 0.2) is 0 Å². The van der Waals surface area contributed by atoms with Crippen LogP contribution in [0.2, 0.25) is 0 Å². The van der Waals surface area contributed by atoms with E-state index in [0.717, 1.165) is 114 Å². The van der Waals surface area contributed by atoms with Gasteiger partial charge in [-0.3, -0.25) is 9.59 Å². The van der Waals surface area contributed by atoms with Crippen molar-refractivity contribution in [2.45, 2.75) is 43.0 Å². The Hall–Kier alpha value is -8.00. The van der Waals surface area contributed by atoms with E-state index in [4.69, 9.17) is 14.7 Å². The molecule has 7 aromatic rings. The summed E-state index contributed by atoms with van der Waals surface area (Å²) < 4.78 is 5.63. The quantitative estimate of drug-likeness (QED) is 0.0439. The lowest BCUT2D eigenvalue weighted by Crippen LogP contribution is -2.36. The van der Waals surface area contributed by atoms with E-state index >= 15 is 0 Å². The monoisotopic (exact) mass is 956 g/mol. The van der Waals surface area contributed by atoms with Gasteiger partial charge >= 0.3 is 6.03 Å².